The number of benzene rings is 1. The molecule has 0 bridgehead atoms. The topological polar surface area (TPSA) is 35.6 Å². The van der Waals surface area contributed by atoms with Gasteiger partial charge < -0.3 is 10.2 Å². The van der Waals surface area contributed by atoms with Gasteiger partial charge >= 0.3 is 6.03 Å². The minimum Gasteiger partial charge on any atom is -0.338 e. The highest BCUT2D eigenvalue weighted by molar-refractivity contribution is 5.95. The number of likely N-dealkylation sites (tertiary alicyclic amines) is 1. The summed E-state index contributed by atoms with van der Waals surface area (Å²) in [6.45, 7) is 6.86. The Balaban J connectivity index is 2.01. The molecule has 0 aliphatic carbocycles. The van der Waals surface area contributed by atoms with Crippen molar-refractivity contribution in [3.8, 4) is 0 Å². The molecule has 3 rings (SSSR count). The molecule has 2 aliphatic heterocycles. The molecule has 0 spiro atoms. The van der Waals surface area contributed by atoms with Crippen LogP contribution in [0.15, 0.2) is 18.2 Å². The van der Waals surface area contributed by atoms with Gasteiger partial charge in [-0.25, -0.2) is 4.79 Å². The summed E-state index contributed by atoms with van der Waals surface area (Å²) in [5.41, 5.74) is 3.72. The lowest BCUT2D eigenvalue weighted by molar-refractivity contribution is 0.219. The van der Waals surface area contributed by atoms with Gasteiger partial charge in [-0.2, -0.15) is 0 Å². The molecule has 2 aliphatic rings. The van der Waals surface area contributed by atoms with E-state index in [2.05, 4.69) is 42.4 Å². The fraction of sp³-hybridized carbons (Fsp3) is 0.562. The van der Waals surface area contributed by atoms with Gasteiger partial charge in [0.25, 0.3) is 0 Å². The number of carbonyl (C=O) groups is 1. The number of anilines is 1. The summed E-state index contributed by atoms with van der Waals surface area (Å²) >= 11 is 0. The van der Waals surface area contributed by atoms with Crippen LogP contribution in [0, 0.1) is 6.92 Å². The molecule has 4 nitrogen and oxygen atoms in total. The zero-order valence-electron chi connectivity index (χ0n) is 12.5. The fourth-order valence-corrected chi connectivity index (χ4v) is 3.58. The Labute approximate surface area is 120 Å². The molecule has 2 amide bonds. The van der Waals surface area contributed by atoms with E-state index in [9.17, 15) is 4.79 Å². The van der Waals surface area contributed by atoms with Crippen molar-refractivity contribution in [1.82, 2.24) is 10.2 Å². The van der Waals surface area contributed by atoms with Crippen molar-refractivity contribution in [1.29, 1.82) is 0 Å². The van der Waals surface area contributed by atoms with Crippen LogP contribution in [0.1, 0.15) is 30.4 Å². The van der Waals surface area contributed by atoms with Crippen LogP contribution in [0.3, 0.4) is 0 Å². The van der Waals surface area contributed by atoms with Crippen molar-refractivity contribution < 1.29 is 4.79 Å². The molecule has 1 saturated heterocycles. The van der Waals surface area contributed by atoms with Gasteiger partial charge in [0.1, 0.15) is 0 Å². The molecular formula is C16H23N3O. The number of nitrogens with zero attached hydrogens (tertiary/aromatic N) is 2. The molecule has 2 atom stereocenters. The second-order valence-corrected chi connectivity index (χ2v) is 5.99. The van der Waals surface area contributed by atoms with Crippen molar-refractivity contribution in [2.24, 2.45) is 0 Å². The number of urea groups is 1. The van der Waals surface area contributed by atoms with E-state index in [-0.39, 0.29) is 6.03 Å². The summed E-state index contributed by atoms with van der Waals surface area (Å²) in [5, 5.41) is 2.96. The largest absolute Gasteiger partial charge is 0.338 e. The third kappa shape index (κ3) is 2.08. The first kappa shape index (κ1) is 13.4. The molecule has 20 heavy (non-hydrogen) atoms. The minimum absolute atomic E-state index is 0.0506. The molecule has 0 radical (unpaired) electrons. The van der Waals surface area contributed by atoms with Crippen LogP contribution < -0.4 is 10.2 Å². The minimum atomic E-state index is 0.0506. The van der Waals surface area contributed by atoms with Crippen LogP contribution in [0.4, 0.5) is 10.5 Å². The molecule has 1 fully saturated rings. The van der Waals surface area contributed by atoms with Gasteiger partial charge in [0.15, 0.2) is 0 Å². The Kier molecular flexibility index (Phi) is 3.42. The molecular weight excluding hydrogens is 250 g/mol. The second kappa shape index (κ2) is 5.09. The number of likely N-dealkylation sites (N-methyl/N-ethyl adjacent to an activating group) is 1. The average Bonchev–Trinajstić information content (AvgIpc) is 2.72. The summed E-state index contributed by atoms with van der Waals surface area (Å²) in [6, 6.07) is 6.83. The van der Waals surface area contributed by atoms with Gasteiger partial charge in [-0.15, -0.1) is 0 Å². The van der Waals surface area contributed by atoms with E-state index in [0.717, 1.165) is 25.2 Å². The Hall–Kier alpha value is -1.55. The quantitative estimate of drug-likeness (QED) is 0.852. The number of hydrogen-bond acceptors (Lipinski definition) is 2. The normalized spacial score (nSPS) is 25.2. The smallest absolute Gasteiger partial charge is 0.322 e. The maximum absolute atomic E-state index is 12.4. The SMILES string of the molecule is CCNC(=O)N1c2ccc(C)cc2[C@@H]2CN(C)CC[C@H]21. The van der Waals surface area contributed by atoms with Crippen LogP contribution >= 0.6 is 0 Å². The van der Waals surface area contributed by atoms with E-state index < -0.39 is 0 Å². The second-order valence-electron chi connectivity index (χ2n) is 5.99. The number of rotatable bonds is 1. The van der Waals surface area contributed by atoms with Crippen LogP contribution in [-0.4, -0.2) is 43.7 Å². The molecule has 1 aromatic rings. The van der Waals surface area contributed by atoms with E-state index in [1.54, 1.807) is 0 Å². The molecule has 108 valence electrons. The van der Waals surface area contributed by atoms with Crippen molar-refractivity contribution in [2.75, 3.05) is 31.6 Å². The van der Waals surface area contributed by atoms with E-state index in [0.29, 0.717) is 18.5 Å². The third-order valence-electron chi connectivity index (χ3n) is 4.50. The number of nitrogens with one attached hydrogen (secondary N) is 1. The van der Waals surface area contributed by atoms with Crippen LogP contribution in [-0.2, 0) is 0 Å². The number of hydrogen-bond donors (Lipinski definition) is 1. The highest BCUT2D eigenvalue weighted by Gasteiger charge is 2.43. The van der Waals surface area contributed by atoms with Crippen molar-refractivity contribution >= 4 is 11.7 Å². The first-order valence-corrected chi connectivity index (χ1v) is 7.48. The number of fused-ring (bicyclic) bond motifs is 3. The first-order valence-electron chi connectivity index (χ1n) is 7.48. The summed E-state index contributed by atoms with van der Waals surface area (Å²) in [7, 11) is 2.17. The maximum Gasteiger partial charge on any atom is 0.322 e. The highest BCUT2D eigenvalue weighted by atomic mass is 16.2. The third-order valence-corrected chi connectivity index (χ3v) is 4.50. The number of carbonyl (C=O) groups excluding carboxylic acids is 1. The molecule has 2 heterocycles. The summed E-state index contributed by atoms with van der Waals surface area (Å²) in [6.07, 6.45) is 1.05. The summed E-state index contributed by atoms with van der Waals surface area (Å²) < 4.78 is 0. The predicted molar refractivity (Wildman–Crippen MR) is 81.4 cm³/mol. The molecule has 0 unspecified atom stereocenters. The Bertz CT molecular complexity index is 528. The van der Waals surface area contributed by atoms with Crippen molar-refractivity contribution in [2.45, 2.75) is 32.2 Å². The van der Waals surface area contributed by atoms with Crippen LogP contribution in [0.5, 0.6) is 0 Å². The lowest BCUT2D eigenvalue weighted by Crippen LogP contribution is -2.50. The molecule has 0 saturated carbocycles. The fourth-order valence-electron chi connectivity index (χ4n) is 3.58. The Morgan fingerprint density at radius 3 is 3.00 bits per heavy atom. The summed E-state index contributed by atoms with van der Waals surface area (Å²) in [4.78, 5) is 16.8. The van der Waals surface area contributed by atoms with E-state index in [4.69, 9.17) is 0 Å². The van der Waals surface area contributed by atoms with Gasteiger partial charge in [0, 0.05) is 30.7 Å². The van der Waals surface area contributed by atoms with Crippen molar-refractivity contribution in [3.05, 3.63) is 29.3 Å². The monoisotopic (exact) mass is 273 g/mol. The Morgan fingerprint density at radius 2 is 2.25 bits per heavy atom. The van der Waals surface area contributed by atoms with E-state index >= 15 is 0 Å². The average molecular weight is 273 g/mol. The Morgan fingerprint density at radius 1 is 1.45 bits per heavy atom. The number of aryl methyl sites for hydroxylation is 1. The predicted octanol–water partition coefficient (Wildman–Crippen LogP) is 2.33. The van der Waals surface area contributed by atoms with E-state index in [1.165, 1.54) is 11.1 Å². The van der Waals surface area contributed by atoms with E-state index in [1.807, 2.05) is 11.8 Å². The number of amides is 2. The van der Waals surface area contributed by atoms with Crippen molar-refractivity contribution in [3.63, 3.8) is 0 Å². The molecule has 1 aromatic carbocycles. The van der Waals surface area contributed by atoms with Gasteiger partial charge in [-0.05, 0) is 45.5 Å². The van der Waals surface area contributed by atoms with Gasteiger partial charge in [-0.1, -0.05) is 17.7 Å². The van der Waals surface area contributed by atoms with Gasteiger partial charge in [-0.3, -0.25) is 4.90 Å². The van der Waals surface area contributed by atoms with Gasteiger partial charge in [0.2, 0.25) is 0 Å². The van der Waals surface area contributed by atoms with Crippen LogP contribution in [0.25, 0.3) is 0 Å². The molecule has 0 aromatic heterocycles. The zero-order chi connectivity index (χ0) is 14.3. The maximum atomic E-state index is 12.4. The number of piperidine rings is 1. The highest BCUT2D eigenvalue weighted by Crippen LogP contribution is 2.44. The standard InChI is InChI=1S/C16H23N3O/c1-4-17-16(20)19-14-6-5-11(2)9-12(14)13-10-18(3)8-7-15(13)19/h5-6,9,13,15H,4,7-8,10H2,1-3H3,(H,17,20)/t13-,15+/m0/s1. The summed E-state index contributed by atoms with van der Waals surface area (Å²) in [5.74, 6) is 0.450. The lowest BCUT2D eigenvalue weighted by Gasteiger charge is -2.36. The molecule has 4 heteroatoms. The van der Waals surface area contributed by atoms with Gasteiger partial charge in [0.05, 0.1) is 0 Å². The first-order chi connectivity index (χ1) is 9.61. The molecule has 1 N–H and O–H groups in total. The lowest BCUT2D eigenvalue weighted by atomic mass is 9.89. The zero-order valence-corrected chi connectivity index (χ0v) is 12.5. The van der Waals surface area contributed by atoms with Crippen LogP contribution in [0.2, 0.25) is 0 Å².